The van der Waals surface area contributed by atoms with Crippen molar-refractivity contribution in [1.82, 2.24) is 10.3 Å². The number of hydrogen-bond acceptors (Lipinski definition) is 4. The minimum atomic E-state index is -0.231. The van der Waals surface area contributed by atoms with Crippen LogP contribution in [0.3, 0.4) is 0 Å². The number of hydrogen-bond donors (Lipinski definition) is 1. The van der Waals surface area contributed by atoms with Gasteiger partial charge < -0.3 is 5.32 Å². The highest BCUT2D eigenvalue weighted by molar-refractivity contribution is 7.14. The Morgan fingerprint density at radius 1 is 1.43 bits per heavy atom. The number of rotatable bonds is 6. The van der Waals surface area contributed by atoms with E-state index in [4.69, 9.17) is 0 Å². The highest BCUT2D eigenvalue weighted by atomic mass is 32.1. The van der Waals surface area contributed by atoms with Crippen LogP contribution in [0.2, 0.25) is 0 Å². The first-order chi connectivity index (χ1) is 10.1. The molecule has 0 radical (unpaired) electrons. The number of anilines is 1. The predicted octanol–water partition coefficient (Wildman–Crippen LogP) is 2.94. The summed E-state index contributed by atoms with van der Waals surface area (Å²) in [6, 6.07) is 6.50. The van der Waals surface area contributed by atoms with Crippen molar-refractivity contribution in [1.29, 1.82) is 0 Å². The number of thiazole rings is 1. The Bertz CT molecular complexity index is 614. The molecule has 0 unspecified atom stereocenters. The summed E-state index contributed by atoms with van der Waals surface area (Å²) >= 11 is 1.45. The smallest absolute Gasteiger partial charge is 0.225 e. The largest absolute Gasteiger partial charge is 0.307 e. The van der Waals surface area contributed by atoms with Gasteiger partial charge in [-0.25, -0.2) is 9.37 Å². The van der Waals surface area contributed by atoms with Gasteiger partial charge in [-0.3, -0.25) is 9.69 Å². The second kappa shape index (κ2) is 7.28. The zero-order valence-corrected chi connectivity index (χ0v) is 12.9. The Morgan fingerprint density at radius 3 is 2.90 bits per heavy atom. The molecule has 0 atom stereocenters. The molecule has 0 bridgehead atoms. The second-order valence-electron chi connectivity index (χ2n) is 4.62. The number of amides is 1. The SMILES string of the molecule is CCN(C(C)=O)c1nc(CNCc2cccc(F)c2)cs1. The lowest BCUT2D eigenvalue weighted by molar-refractivity contribution is -0.116. The standard InChI is InChI=1S/C15H18FN3OS/c1-3-19(11(2)20)15-18-14(10-21-15)9-17-8-12-5-4-6-13(16)7-12/h4-7,10,17H,3,8-9H2,1-2H3. The lowest BCUT2D eigenvalue weighted by Gasteiger charge is -2.14. The van der Waals surface area contributed by atoms with E-state index in [-0.39, 0.29) is 11.7 Å². The van der Waals surface area contributed by atoms with Crippen molar-refractivity contribution >= 4 is 22.4 Å². The van der Waals surface area contributed by atoms with E-state index < -0.39 is 0 Å². The summed E-state index contributed by atoms with van der Waals surface area (Å²) in [5.74, 6) is -0.239. The second-order valence-corrected chi connectivity index (χ2v) is 5.45. The van der Waals surface area contributed by atoms with Gasteiger partial charge in [-0.1, -0.05) is 12.1 Å². The zero-order valence-electron chi connectivity index (χ0n) is 12.1. The Balaban J connectivity index is 1.89. The number of carbonyl (C=O) groups excluding carboxylic acids is 1. The van der Waals surface area contributed by atoms with E-state index in [9.17, 15) is 9.18 Å². The fraction of sp³-hybridized carbons (Fsp3) is 0.333. The molecule has 6 heteroatoms. The monoisotopic (exact) mass is 307 g/mol. The van der Waals surface area contributed by atoms with E-state index in [2.05, 4.69) is 10.3 Å². The Kier molecular flexibility index (Phi) is 5.41. The molecule has 1 heterocycles. The van der Waals surface area contributed by atoms with Crippen LogP contribution in [0.4, 0.5) is 9.52 Å². The fourth-order valence-corrected chi connectivity index (χ4v) is 2.91. The van der Waals surface area contributed by atoms with Crippen LogP contribution < -0.4 is 10.2 Å². The maximum absolute atomic E-state index is 13.0. The molecule has 4 nitrogen and oxygen atoms in total. The molecule has 0 spiro atoms. The van der Waals surface area contributed by atoms with Gasteiger partial charge in [0.2, 0.25) is 5.91 Å². The van der Waals surface area contributed by atoms with Gasteiger partial charge in [-0.2, -0.15) is 0 Å². The number of halogens is 1. The summed E-state index contributed by atoms with van der Waals surface area (Å²) in [6.45, 7) is 5.23. The molecule has 1 amide bonds. The average molecular weight is 307 g/mol. The van der Waals surface area contributed by atoms with Gasteiger partial charge in [0, 0.05) is 31.9 Å². The molecule has 0 aliphatic heterocycles. The molecule has 2 rings (SSSR count). The molecule has 1 aromatic heterocycles. The van der Waals surface area contributed by atoms with E-state index in [0.29, 0.717) is 24.8 Å². The third kappa shape index (κ3) is 4.34. The van der Waals surface area contributed by atoms with Crippen molar-refractivity contribution in [3.63, 3.8) is 0 Å². The summed E-state index contributed by atoms with van der Waals surface area (Å²) in [4.78, 5) is 17.5. The van der Waals surface area contributed by atoms with Crippen molar-refractivity contribution in [2.75, 3.05) is 11.4 Å². The summed E-state index contributed by atoms with van der Waals surface area (Å²) in [6.07, 6.45) is 0. The molecule has 1 aromatic carbocycles. The maximum atomic E-state index is 13.0. The van der Waals surface area contributed by atoms with E-state index in [0.717, 1.165) is 11.3 Å². The molecular formula is C15H18FN3OS. The van der Waals surface area contributed by atoms with Crippen LogP contribution in [0.5, 0.6) is 0 Å². The molecule has 0 aliphatic rings. The van der Waals surface area contributed by atoms with E-state index in [1.54, 1.807) is 11.0 Å². The summed E-state index contributed by atoms with van der Waals surface area (Å²) in [5.41, 5.74) is 1.77. The van der Waals surface area contributed by atoms with Crippen molar-refractivity contribution < 1.29 is 9.18 Å². The van der Waals surface area contributed by atoms with Crippen molar-refractivity contribution in [2.24, 2.45) is 0 Å². The zero-order chi connectivity index (χ0) is 15.2. The van der Waals surface area contributed by atoms with Crippen LogP contribution in [0.1, 0.15) is 25.1 Å². The normalized spacial score (nSPS) is 10.6. The molecule has 1 N–H and O–H groups in total. The minimum absolute atomic E-state index is 0.00822. The van der Waals surface area contributed by atoms with Crippen LogP contribution in [0.25, 0.3) is 0 Å². The van der Waals surface area contributed by atoms with E-state index in [1.807, 2.05) is 18.4 Å². The number of nitrogens with one attached hydrogen (secondary N) is 1. The minimum Gasteiger partial charge on any atom is -0.307 e. The average Bonchev–Trinajstić information content (AvgIpc) is 2.88. The van der Waals surface area contributed by atoms with Gasteiger partial charge in [-0.05, 0) is 24.6 Å². The van der Waals surface area contributed by atoms with Gasteiger partial charge in [0.25, 0.3) is 0 Å². The fourth-order valence-electron chi connectivity index (χ4n) is 1.98. The summed E-state index contributed by atoms with van der Waals surface area (Å²) in [5, 5.41) is 5.86. The molecule has 112 valence electrons. The quantitative estimate of drug-likeness (QED) is 0.892. The lowest BCUT2D eigenvalue weighted by atomic mass is 10.2. The topological polar surface area (TPSA) is 45.2 Å². The number of carbonyl (C=O) groups is 1. The first-order valence-electron chi connectivity index (χ1n) is 6.77. The third-order valence-corrected chi connectivity index (χ3v) is 3.90. The van der Waals surface area contributed by atoms with Gasteiger partial charge in [0.1, 0.15) is 5.82 Å². The lowest BCUT2D eigenvalue weighted by Crippen LogP contribution is -2.27. The van der Waals surface area contributed by atoms with E-state index >= 15 is 0 Å². The van der Waals surface area contributed by atoms with Crippen molar-refractivity contribution in [3.8, 4) is 0 Å². The molecule has 21 heavy (non-hydrogen) atoms. The Hall–Kier alpha value is -1.79. The first kappa shape index (κ1) is 15.6. The highest BCUT2D eigenvalue weighted by Crippen LogP contribution is 2.20. The van der Waals surface area contributed by atoms with Crippen LogP contribution in [0, 0.1) is 5.82 Å². The van der Waals surface area contributed by atoms with Gasteiger partial charge >= 0.3 is 0 Å². The van der Waals surface area contributed by atoms with Gasteiger partial charge in [0.15, 0.2) is 5.13 Å². The van der Waals surface area contributed by atoms with Gasteiger partial charge in [-0.15, -0.1) is 11.3 Å². The molecule has 0 aliphatic carbocycles. The number of aromatic nitrogens is 1. The van der Waals surface area contributed by atoms with Crippen LogP contribution in [0.15, 0.2) is 29.6 Å². The van der Waals surface area contributed by atoms with Crippen molar-refractivity contribution in [2.45, 2.75) is 26.9 Å². The molecule has 0 saturated heterocycles. The molecule has 0 fully saturated rings. The molecule has 0 saturated carbocycles. The molecular weight excluding hydrogens is 289 g/mol. The van der Waals surface area contributed by atoms with Crippen molar-refractivity contribution in [3.05, 3.63) is 46.7 Å². The third-order valence-electron chi connectivity index (χ3n) is 2.99. The van der Waals surface area contributed by atoms with Crippen LogP contribution in [-0.2, 0) is 17.9 Å². The highest BCUT2D eigenvalue weighted by Gasteiger charge is 2.13. The maximum Gasteiger partial charge on any atom is 0.225 e. The van der Waals surface area contributed by atoms with E-state index in [1.165, 1.54) is 30.4 Å². The summed E-state index contributed by atoms with van der Waals surface area (Å²) in [7, 11) is 0. The first-order valence-corrected chi connectivity index (χ1v) is 7.65. The summed E-state index contributed by atoms with van der Waals surface area (Å²) < 4.78 is 13.0. The Morgan fingerprint density at radius 2 is 2.24 bits per heavy atom. The number of benzene rings is 1. The van der Waals surface area contributed by atoms with Crippen LogP contribution >= 0.6 is 11.3 Å². The Labute approximate surface area is 127 Å². The van der Waals surface area contributed by atoms with Crippen LogP contribution in [-0.4, -0.2) is 17.4 Å². The number of nitrogens with zero attached hydrogens (tertiary/aromatic N) is 2. The predicted molar refractivity (Wildman–Crippen MR) is 82.8 cm³/mol. The van der Waals surface area contributed by atoms with Gasteiger partial charge in [0.05, 0.1) is 5.69 Å². The molecule has 2 aromatic rings.